The normalized spacial score (nSPS) is 12.4. The van der Waals surface area contributed by atoms with Crippen LogP contribution in [0.3, 0.4) is 0 Å². The van der Waals surface area contributed by atoms with Crippen molar-refractivity contribution in [1.82, 2.24) is 0 Å². The Morgan fingerprint density at radius 1 is 0.971 bits per heavy atom. The molecule has 0 saturated heterocycles. The molecule has 0 heterocycles. The zero-order valence-electron chi connectivity index (χ0n) is 17.1. The van der Waals surface area contributed by atoms with E-state index in [0.717, 1.165) is 12.1 Å². The number of benzene rings is 3. The second-order valence-electron chi connectivity index (χ2n) is 6.80. The number of anilines is 1. The first-order chi connectivity index (χ1) is 16.0. The number of aromatic carboxylic acids is 1. The summed E-state index contributed by atoms with van der Waals surface area (Å²) in [5, 5.41) is 12.8. The first-order valence-corrected chi connectivity index (χ1v) is 10.2. The number of hydrogen-bond donors (Lipinski definition) is 3. The molecule has 0 radical (unpaired) electrons. The van der Waals surface area contributed by atoms with Crippen molar-refractivity contribution in [2.45, 2.75) is 6.36 Å². The lowest BCUT2D eigenvalue weighted by molar-refractivity contribution is -0.274. The number of carbonyl (C=O) groups is 1. The van der Waals surface area contributed by atoms with Crippen LogP contribution in [0.25, 0.3) is 5.70 Å². The lowest BCUT2D eigenvalue weighted by Gasteiger charge is -2.12. The Bertz CT molecular complexity index is 1220. The number of nitrogens with two attached hydrogens (primary N) is 1. The summed E-state index contributed by atoms with van der Waals surface area (Å²) in [6.45, 7) is 0. The molecule has 0 unspecified atom stereocenters. The van der Waals surface area contributed by atoms with Gasteiger partial charge in [0.2, 0.25) is 0 Å². The number of aliphatic imine (C=N–C) groups is 1. The first-order valence-electron chi connectivity index (χ1n) is 9.47. The van der Waals surface area contributed by atoms with Gasteiger partial charge >= 0.3 is 12.3 Å². The summed E-state index contributed by atoms with van der Waals surface area (Å²) in [5.41, 5.74) is 7.83. The van der Waals surface area contributed by atoms with Gasteiger partial charge in [-0.2, -0.15) is 0 Å². The van der Waals surface area contributed by atoms with Gasteiger partial charge < -0.3 is 20.9 Å². The van der Waals surface area contributed by atoms with E-state index in [2.05, 4.69) is 15.0 Å². The number of nitrogens with one attached hydrogen (secondary N) is 1. The molecule has 0 aromatic heterocycles. The molecule has 11 heteroatoms. The summed E-state index contributed by atoms with van der Waals surface area (Å²) in [6, 6.07) is 15.5. The molecule has 0 aliphatic heterocycles. The number of nitrogens with zero attached hydrogens (tertiary/aromatic N) is 1. The number of carboxylic acids is 1. The summed E-state index contributed by atoms with van der Waals surface area (Å²) in [7, 11) is 0. The van der Waals surface area contributed by atoms with Crippen LogP contribution in [0.15, 0.2) is 77.8 Å². The molecule has 6 nitrogen and oxygen atoms in total. The van der Waals surface area contributed by atoms with Crippen molar-refractivity contribution in [3.05, 3.63) is 94.0 Å². The molecule has 34 heavy (non-hydrogen) atoms. The van der Waals surface area contributed by atoms with Crippen molar-refractivity contribution in [1.29, 1.82) is 0 Å². The molecular formula is C23H16Cl2F3N3O3. The molecule has 3 aromatic carbocycles. The second-order valence-corrected chi connectivity index (χ2v) is 7.68. The quantitative estimate of drug-likeness (QED) is 0.252. The Morgan fingerprint density at radius 3 is 2.09 bits per heavy atom. The monoisotopic (exact) mass is 509 g/mol. The topological polar surface area (TPSA) is 96.9 Å². The van der Waals surface area contributed by atoms with E-state index < -0.39 is 12.3 Å². The molecule has 3 aromatic rings. The van der Waals surface area contributed by atoms with Gasteiger partial charge in [0.25, 0.3) is 0 Å². The van der Waals surface area contributed by atoms with Gasteiger partial charge in [0.1, 0.15) is 11.6 Å². The lowest BCUT2D eigenvalue weighted by Crippen LogP contribution is -2.17. The minimum atomic E-state index is -4.81. The molecule has 4 N–H and O–H groups in total. The number of alkyl halides is 3. The zero-order chi connectivity index (χ0) is 24.9. The van der Waals surface area contributed by atoms with Gasteiger partial charge in [-0.1, -0.05) is 23.2 Å². The smallest absolute Gasteiger partial charge is 0.478 e. The van der Waals surface area contributed by atoms with Crippen molar-refractivity contribution < 1.29 is 27.8 Å². The predicted octanol–water partition coefficient (Wildman–Crippen LogP) is 6.73. The number of ether oxygens (including phenoxy) is 1. The summed E-state index contributed by atoms with van der Waals surface area (Å²) in [5.74, 6) is -1.26. The highest BCUT2D eigenvalue weighted by Crippen LogP contribution is 2.25. The number of halogens is 5. The molecule has 3 rings (SSSR count). The van der Waals surface area contributed by atoms with Crippen molar-refractivity contribution in [2.24, 2.45) is 10.7 Å². The average Bonchev–Trinajstić information content (AvgIpc) is 2.73. The maximum absolute atomic E-state index is 12.4. The molecule has 0 fully saturated rings. The average molecular weight is 510 g/mol. The fourth-order valence-corrected chi connectivity index (χ4v) is 3.28. The molecule has 0 amide bonds. The Labute approximate surface area is 202 Å². The van der Waals surface area contributed by atoms with Crippen molar-refractivity contribution >= 4 is 52.1 Å². The molecule has 0 aliphatic carbocycles. The van der Waals surface area contributed by atoms with Crippen LogP contribution in [-0.2, 0) is 0 Å². The second kappa shape index (κ2) is 10.5. The van der Waals surface area contributed by atoms with E-state index in [1.807, 2.05) is 0 Å². The minimum absolute atomic E-state index is 0.0809. The minimum Gasteiger partial charge on any atom is -0.478 e. The highest BCUT2D eigenvalue weighted by Gasteiger charge is 2.30. The predicted molar refractivity (Wildman–Crippen MR) is 126 cm³/mol. The van der Waals surface area contributed by atoms with E-state index in [4.69, 9.17) is 34.0 Å². The van der Waals surface area contributed by atoms with Crippen molar-refractivity contribution in [3.63, 3.8) is 0 Å². The highest BCUT2D eigenvalue weighted by atomic mass is 35.5. The molecule has 0 spiro atoms. The van der Waals surface area contributed by atoms with E-state index in [1.165, 1.54) is 42.5 Å². The standard InChI is InChI=1S/C23H16Cl2F3N3O3/c24-15-9-14(10-16(25)11-15)20(29)12-21(30-17-3-1-13(2-4-17)22(32)33)31-18-5-7-19(8-6-18)34-23(26,27)28/h1-12H,29H2,(H,30,31)(H,32,33). The molecule has 0 atom stereocenters. The molecule has 0 bridgehead atoms. The Kier molecular flexibility index (Phi) is 7.70. The van der Waals surface area contributed by atoms with E-state index in [9.17, 15) is 18.0 Å². The van der Waals surface area contributed by atoms with Gasteiger partial charge in [-0.25, -0.2) is 9.79 Å². The largest absolute Gasteiger partial charge is 0.573 e. The molecule has 0 saturated carbocycles. The fraction of sp³-hybridized carbons (Fsp3) is 0.0435. The van der Waals surface area contributed by atoms with Crippen LogP contribution >= 0.6 is 23.2 Å². The summed E-state index contributed by atoms with van der Waals surface area (Å²) in [4.78, 5) is 15.5. The van der Waals surface area contributed by atoms with Crippen LogP contribution in [0.1, 0.15) is 15.9 Å². The summed E-state index contributed by atoms with van der Waals surface area (Å²) in [6.07, 6.45) is -3.33. The van der Waals surface area contributed by atoms with E-state index in [0.29, 0.717) is 27.0 Å². The van der Waals surface area contributed by atoms with Gasteiger partial charge in [0.15, 0.2) is 0 Å². The maximum Gasteiger partial charge on any atom is 0.573 e. The lowest BCUT2D eigenvalue weighted by atomic mass is 10.1. The Morgan fingerprint density at radius 2 is 1.56 bits per heavy atom. The fourth-order valence-electron chi connectivity index (χ4n) is 2.75. The Hall–Kier alpha value is -3.69. The maximum atomic E-state index is 12.4. The van der Waals surface area contributed by atoms with Gasteiger partial charge in [0.05, 0.1) is 11.3 Å². The van der Waals surface area contributed by atoms with Gasteiger partial charge in [-0.3, -0.25) is 0 Å². The van der Waals surface area contributed by atoms with Crippen molar-refractivity contribution in [2.75, 3.05) is 5.32 Å². The first kappa shape index (κ1) is 24.9. The molecule has 176 valence electrons. The van der Waals surface area contributed by atoms with Crippen LogP contribution in [0.5, 0.6) is 5.75 Å². The third-order valence-electron chi connectivity index (χ3n) is 4.21. The molecule has 0 aliphatic rings. The van der Waals surface area contributed by atoms with E-state index in [1.54, 1.807) is 18.2 Å². The third-order valence-corrected chi connectivity index (χ3v) is 4.65. The van der Waals surface area contributed by atoms with Gasteiger partial charge in [-0.05, 0) is 66.7 Å². The van der Waals surface area contributed by atoms with E-state index >= 15 is 0 Å². The SMILES string of the molecule is NC(=CC(=Nc1ccc(C(=O)O)cc1)Nc1ccc(OC(F)(F)F)cc1)c1cc(Cl)cc(Cl)c1. The van der Waals surface area contributed by atoms with Gasteiger partial charge in [0, 0.05) is 33.1 Å². The molecular weight excluding hydrogens is 494 g/mol. The van der Waals surface area contributed by atoms with Gasteiger partial charge in [-0.15, -0.1) is 13.2 Å². The van der Waals surface area contributed by atoms with Crippen LogP contribution < -0.4 is 15.8 Å². The third kappa shape index (κ3) is 7.43. The summed E-state index contributed by atoms with van der Waals surface area (Å²) >= 11 is 12.1. The van der Waals surface area contributed by atoms with Crippen LogP contribution in [0.4, 0.5) is 24.5 Å². The Balaban J connectivity index is 1.95. The highest BCUT2D eigenvalue weighted by molar-refractivity contribution is 6.34. The van der Waals surface area contributed by atoms with Crippen LogP contribution in [0, 0.1) is 0 Å². The summed E-state index contributed by atoms with van der Waals surface area (Å²) < 4.78 is 41.1. The number of hydrogen-bond acceptors (Lipinski definition) is 4. The number of rotatable bonds is 6. The van der Waals surface area contributed by atoms with E-state index in [-0.39, 0.29) is 22.8 Å². The van der Waals surface area contributed by atoms with Crippen molar-refractivity contribution in [3.8, 4) is 5.75 Å². The number of amidine groups is 1. The van der Waals surface area contributed by atoms with Crippen LogP contribution in [0.2, 0.25) is 10.0 Å². The zero-order valence-corrected chi connectivity index (χ0v) is 18.6. The van der Waals surface area contributed by atoms with Crippen LogP contribution in [-0.4, -0.2) is 23.3 Å². The number of carboxylic acid groups (broad SMARTS) is 1.